The van der Waals surface area contributed by atoms with Crippen molar-refractivity contribution in [3.8, 4) is 0 Å². The molecule has 2 aromatic rings. The van der Waals surface area contributed by atoms with Gasteiger partial charge in [-0.1, -0.05) is 6.07 Å². The highest BCUT2D eigenvalue weighted by Crippen LogP contribution is 2.14. The van der Waals surface area contributed by atoms with Crippen molar-refractivity contribution in [2.75, 3.05) is 27.2 Å². The van der Waals surface area contributed by atoms with Crippen LogP contribution < -0.4 is 0 Å². The summed E-state index contributed by atoms with van der Waals surface area (Å²) in [7, 11) is 4.21. The molecule has 0 atom stereocenters. The van der Waals surface area contributed by atoms with Crippen LogP contribution in [-0.2, 0) is 26.1 Å². The molecule has 1 aliphatic rings. The second-order valence-electron chi connectivity index (χ2n) is 6.35. The van der Waals surface area contributed by atoms with Gasteiger partial charge in [-0.2, -0.15) is 0 Å². The molecule has 0 saturated heterocycles. The van der Waals surface area contributed by atoms with E-state index in [2.05, 4.69) is 63.6 Å². The molecule has 3 heterocycles. The molecule has 0 radical (unpaired) electrons. The zero-order valence-corrected chi connectivity index (χ0v) is 13.8. The number of pyridine rings is 1. The van der Waals surface area contributed by atoms with Crippen molar-refractivity contribution in [3.63, 3.8) is 0 Å². The summed E-state index contributed by atoms with van der Waals surface area (Å²) in [6.07, 6.45) is 3.05. The topological polar surface area (TPSA) is 37.2 Å². The van der Waals surface area contributed by atoms with Crippen LogP contribution in [0.25, 0.3) is 0 Å². The third-order valence-corrected chi connectivity index (χ3v) is 4.12. The van der Waals surface area contributed by atoms with Crippen molar-refractivity contribution in [1.82, 2.24) is 24.3 Å². The molecule has 1 aliphatic heterocycles. The Bertz CT molecular complexity index is 632. The molecular formula is C17H25N5. The minimum absolute atomic E-state index is 0.926. The molecule has 0 spiro atoms. The molecular weight excluding hydrogens is 274 g/mol. The predicted molar refractivity (Wildman–Crippen MR) is 87.6 cm³/mol. The van der Waals surface area contributed by atoms with Crippen LogP contribution in [-0.4, -0.2) is 51.5 Å². The van der Waals surface area contributed by atoms with E-state index in [1.807, 2.05) is 6.20 Å². The summed E-state index contributed by atoms with van der Waals surface area (Å²) < 4.78 is 2.39. The number of imidazole rings is 1. The Kier molecular flexibility index (Phi) is 4.55. The molecule has 2 aromatic heterocycles. The van der Waals surface area contributed by atoms with E-state index in [9.17, 15) is 0 Å². The summed E-state index contributed by atoms with van der Waals surface area (Å²) in [4.78, 5) is 13.9. The standard InChI is InChI=1S/C17H25N5/c1-14-5-4-6-15(19-14)12-21-8-7-17-18-11-16(13-20(2)3)22(17)10-9-21/h4-6,11H,7-10,12-13H2,1-3H3. The quantitative estimate of drug-likeness (QED) is 0.861. The molecule has 22 heavy (non-hydrogen) atoms. The van der Waals surface area contributed by atoms with E-state index in [4.69, 9.17) is 0 Å². The van der Waals surface area contributed by atoms with E-state index >= 15 is 0 Å². The molecule has 118 valence electrons. The summed E-state index contributed by atoms with van der Waals surface area (Å²) >= 11 is 0. The van der Waals surface area contributed by atoms with E-state index in [0.717, 1.165) is 50.5 Å². The van der Waals surface area contributed by atoms with Gasteiger partial charge < -0.3 is 9.47 Å². The lowest BCUT2D eigenvalue weighted by molar-refractivity contribution is 0.266. The Morgan fingerprint density at radius 2 is 2.05 bits per heavy atom. The molecule has 5 nitrogen and oxygen atoms in total. The molecule has 0 N–H and O–H groups in total. The zero-order chi connectivity index (χ0) is 15.5. The van der Waals surface area contributed by atoms with E-state index in [0.29, 0.717) is 0 Å². The summed E-state index contributed by atoms with van der Waals surface area (Å²) in [6, 6.07) is 6.26. The second kappa shape index (κ2) is 6.58. The first-order valence-electron chi connectivity index (χ1n) is 7.95. The number of aromatic nitrogens is 3. The SMILES string of the molecule is Cc1cccc(CN2CCc3ncc(CN(C)C)n3CC2)n1. The van der Waals surface area contributed by atoms with Gasteiger partial charge in [0.05, 0.1) is 11.4 Å². The molecule has 0 aromatic carbocycles. The number of nitrogens with zero attached hydrogens (tertiary/aromatic N) is 5. The Balaban J connectivity index is 1.67. The lowest BCUT2D eigenvalue weighted by Gasteiger charge is -2.19. The summed E-state index contributed by atoms with van der Waals surface area (Å²) in [5, 5.41) is 0. The Labute approximate surface area is 132 Å². The van der Waals surface area contributed by atoms with Crippen LogP contribution in [0.4, 0.5) is 0 Å². The van der Waals surface area contributed by atoms with Crippen molar-refractivity contribution in [2.45, 2.75) is 33.0 Å². The first-order valence-corrected chi connectivity index (χ1v) is 7.95. The lowest BCUT2D eigenvalue weighted by atomic mass is 10.3. The van der Waals surface area contributed by atoms with Gasteiger partial charge >= 0.3 is 0 Å². The molecule has 5 heteroatoms. The van der Waals surface area contributed by atoms with Gasteiger partial charge in [-0.05, 0) is 33.2 Å². The predicted octanol–water partition coefficient (Wildman–Crippen LogP) is 1.71. The fourth-order valence-corrected chi connectivity index (χ4v) is 3.06. The number of rotatable bonds is 4. The minimum atomic E-state index is 0.926. The molecule has 0 fully saturated rings. The van der Waals surface area contributed by atoms with Crippen LogP contribution in [0.5, 0.6) is 0 Å². The number of fused-ring (bicyclic) bond motifs is 1. The first kappa shape index (κ1) is 15.2. The Morgan fingerprint density at radius 3 is 2.82 bits per heavy atom. The first-order chi connectivity index (χ1) is 10.6. The van der Waals surface area contributed by atoms with Crippen LogP contribution in [0.2, 0.25) is 0 Å². The van der Waals surface area contributed by atoms with Crippen LogP contribution in [0.1, 0.15) is 22.9 Å². The lowest BCUT2D eigenvalue weighted by Crippen LogP contribution is -2.27. The van der Waals surface area contributed by atoms with Gasteiger partial charge in [-0.15, -0.1) is 0 Å². The van der Waals surface area contributed by atoms with Crippen molar-refractivity contribution in [2.24, 2.45) is 0 Å². The highest BCUT2D eigenvalue weighted by Gasteiger charge is 2.18. The van der Waals surface area contributed by atoms with Gasteiger partial charge in [0.15, 0.2) is 0 Å². The van der Waals surface area contributed by atoms with Crippen molar-refractivity contribution < 1.29 is 0 Å². The van der Waals surface area contributed by atoms with Gasteiger partial charge in [-0.25, -0.2) is 4.98 Å². The Hall–Kier alpha value is -1.72. The molecule has 0 unspecified atom stereocenters. The highest BCUT2D eigenvalue weighted by molar-refractivity contribution is 5.11. The molecule has 0 aliphatic carbocycles. The van der Waals surface area contributed by atoms with Gasteiger partial charge in [-0.3, -0.25) is 9.88 Å². The van der Waals surface area contributed by atoms with Crippen molar-refractivity contribution >= 4 is 0 Å². The maximum atomic E-state index is 4.62. The summed E-state index contributed by atoms with van der Waals surface area (Å²) in [5.41, 5.74) is 3.57. The van der Waals surface area contributed by atoms with Gasteiger partial charge in [0, 0.05) is 51.0 Å². The zero-order valence-electron chi connectivity index (χ0n) is 13.8. The van der Waals surface area contributed by atoms with Crippen LogP contribution in [0.3, 0.4) is 0 Å². The second-order valence-corrected chi connectivity index (χ2v) is 6.35. The summed E-state index contributed by atoms with van der Waals surface area (Å²) in [5.74, 6) is 1.22. The van der Waals surface area contributed by atoms with E-state index in [1.54, 1.807) is 0 Å². The maximum Gasteiger partial charge on any atom is 0.110 e. The van der Waals surface area contributed by atoms with Gasteiger partial charge in [0.1, 0.15) is 5.82 Å². The summed E-state index contributed by atoms with van der Waals surface area (Å²) in [6.45, 7) is 7.05. The van der Waals surface area contributed by atoms with Crippen LogP contribution in [0, 0.1) is 6.92 Å². The molecule has 0 amide bonds. The highest BCUT2D eigenvalue weighted by atomic mass is 15.2. The van der Waals surface area contributed by atoms with Crippen LogP contribution in [0.15, 0.2) is 24.4 Å². The van der Waals surface area contributed by atoms with Crippen molar-refractivity contribution in [1.29, 1.82) is 0 Å². The number of aryl methyl sites for hydroxylation is 1. The van der Waals surface area contributed by atoms with E-state index in [1.165, 1.54) is 11.5 Å². The fraction of sp³-hybridized carbons (Fsp3) is 0.529. The van der Waals surface area contributed by atoms with Gasteiger partial charge in [0.2, 0.25) is 0 Å². The number of hydrogen-bond acceptors (Lipinski definition) is 4. The molecule has 3 rings (SSSR count). The Morgan fingerprint density at radius 1 is 1.18 bits per heavy atom. The smallest absolute Gasteiger partial charge is 0.110 e. The third kappa shape index (κ3) is 3.54. The monoisotopic (exact) mass is 299 g/mol. The minimum Gasteiger partial charge on any atom is -0.329 e. The van der Waals surface area contributed by atoms with Gasteiger partial charge in [0.25, 0.3) is 0 Å². The fourth-order valence-electron chi connectivity index (χ4n) is 3.06. The normalized spacial score (nSPS) is 15.8. The van der Waals surface area contributed by atoms with E-state index in [-0.39, 0.29) is 0 Å². The third-order valence-electron chi connectivity index (χ3n) is 4.12. The average molecular weight is 299 g/mol. The molecule has 0 saturated carbocycles. The number of hydrogen-bond donors (Lipinski definition) is 0. The van der Waals surface area contributed by atoms with E-state index < -0.39 is 0 Å². The average Bonchev–Trinajstić information content (AvgIpc) is 2.71. The molecule has 0 bridgehead atoms. The van der Waals surface area contributed by atoms with Crippen molar-refractivity contribution in [3.05, 3.63) is 47.3 Å². The largest absolute Gasteiger partial charge is 0.329 e. The van der Waals surface area contributed by atoms with Crippen LogP contribution >= 0.6 is 0 Å². The maximum absolute atomic E-state index is 4.62.